The van der Waals surface area contributed by atoms with Gasteiger partial charge >= 0.3 is 0 Å². The third-order valence-electron chi connectivity index (χ3n) is 3.21. The Bertz CT molecular complexity index is 653. The number of halogens is 2. The second-order valence-electron chi connectivity index (χ2n) is 4.37. The Morgan fingerprint density at radius 2 is 0.950 bits per heavy atom. The smallest absolute Gasteiger partial charge is 0.231 e. The molecule has 20 heavy (non-hydrogen) atoms. The molecule has 0 aromatic heterocycles. The van der Waals surface area contributed by atoms with Crippen LogP contribution in [0.4, 0.5) is 0 Å². The van der Waals surface area contributed by atoms with E-state index in [-0.39, 0.29) is 13.6 Å². The second-order valence-corrected chi connectivity index (χ2v) is 6.08. The van der Waals surface area contributed by atoms with Crippen LogP contribution in [0.3, 0.4) is 0 Å². The van der Waals surface area contributed by atoms with Crippen molar-refractivity contribution in [2.45, 2.75) is 0 Å². The minimum absolute atomic E-state index is 0.257. The van der Waals surface area contributed by atoms with E-state index in [2.05, 4.69) is 31.9 Å². The molecule has 0 saturated heterocycles. The number of rotatable bonds is 1. The molecule has 0 bridgehead atoms. The van der Waals surface area contributed by atoms with Crippen molar-refractivity contribution in [1.29, 1.82) is 0 Å². The molecule has 0 fully saturated rings. The summed E-state index contributed by atoms with van der Waals surface area (Å²) in [5, 5.41) is 0. The van der Waals surface area contributed by atoms with Crippen molar-refractivity contribution in [2.24, 2.45) is 0 Å². The summed E-state index contributed by atoms with van der Waals surface area (Å²) in [6.45, 7) is 0.515. The lowest BCUT2D eigenvalue weighted by Gasteiger charge is -2.10. The first kappa shape index (κ1) is 12.3. The van der Waals surface area contributed by atoms with Crippen molar-refractivity contribution in [3.8, 4) is 34.1 Å². The molecule has 2 aromatic carbocycles. The summed E-state index contributed by atoms with van der Waals surface area (Å²) in [6, 6.07) is 7.73. The van der Waals surface area contributed by atoms with Crippen LogP contribution in [0.5, 0.6) is 23.0 Å². The van der Waals surface area contributed by atoms with Gasteiger partial charge in [0.15, 0.2) is 23.0 Å². The van der Waals surface area contributed by atoms with Gasteiger partial charge in [-0.25, -0.2) is 0 Å². The Labute approximate surface area is 131 Å². The third kappa shape index (κ3) is 1.86. The first-order valence-electron chi connectivity index (χ1n) is 5.91. The molecule has 0 spiro atoms. The highest BCUT2D eigenvalue weighted by atomic mass is 79.9. The van der Waals surface area contributed by atoms with Gasteiger partial charge < -0.3 is 18.9 Å². The summed E-state index contributed by atoms with van der Waals surface area (Å²) in [4.78, 5) is 0. The highest BCUT2D eigenvalue weighted by Crippen LogP contribution is 2.46. The Balaban J connectivity index is 1.89. The van der Waals surface area contributed by atoms with Gasteiger partial charge in [-0.15, -0.1) is 0 Å². The van der Waals surface area contributed by atoms with Gasteiger partial charge in [0.1, 0.15) is 0 Å². The summed E-state index contributed by atoms with van der Waals surface area (Å²) < 4.78 is 23.5. The standard InChI is InChI=1S/C14H8Br2O4/c15-9-3-13-11(17-5-19-13)1-7(9)8-2-12-14(4-10(8)16)20-6-18-12/h1-4H,5-6H2. The van der Waals surface area contributed by atoms with Gasteiger partial charge in [-0.2, -0.15) is 0 Å². The van der Waals surface area contributed by atoms with Crippen LogP contribution in [-0.4, -0.2) is 13.6 Å². The van der Waals surface area contributed by atoms with Crippen LogP contribution < -0.4 is 18.9 Å². The molecule has 2 aromatic rings. The van der Waals surface area contributed by atoms with Gasteiger partial charge in [-0.05, 0) is 24.3 Å². The van der Waals surface area contributed by atoms with Crippen molar-refractivity contribution in [2.75, 3.05) is 13.6 Å². The van der Waals surface area contributed by atoms with Crippen LogP contribution in [0.15, 0.2) is 33.2 Å². The van der Waals surface area contributed by atoms with E-state index in [1.54, 1.807) is 0 Å². The molecule has 2 aliphatic heterocycles. The molecule has 0 unspecified atom stereocenters. The van der Waals surface area contributed by atoms with E-state index in [1.807, 2.05) is 24.3 Å². The molecule has 0 saturated carbocycles. The fourth-order valence-electron chi connectivity index (χ4n) is 2.25. The Hall–Kier alpha value is -1.40. The zero-order chi connectivity index (χ0) is 13.7. The van der Waals surface area contributed by atoms with E-state index in [0.29, 0.717) is 0 Å². The van der Waals surface area contributed by atoms with Crippen LogP contribution in [0.1, 0.15) is 0 Å². The molecule has 0 amide bonds. The molecule has 0 aliphatic carbocycles. The van der Waals surface area contributed by atoms with Gasteiger partial charge in [-0.1, -0.05) is 31.9 Å². The van der Waals surface area contributed by atoms with Gasteiger partial charge in [0.2, 0.25) is 13.6 Å². The molecule has 4 rings (SSSR count). The predicted molar refractivity (Wildman–Crippen MR) is 79.5 cm³/mol. The third-order valence-corrected chi connectivity index (χ3v) is 4.53. The lowest BCUT2D eigenvalue weighted by Crippen LogP contribution is -1.92. The fourth-order valence-corrected chi connectivity index (χ4v) is 3.32. The van der Waals surface area contributed by atoms with Gasteiger partial charge in [-0.3, -0.25) is 0 Å². The second kappa shape index (κ2) is 4.56. The Kier molecular flexibility index (Phi) is 2.82. The van der Waals surface area contributed by atoms with Crippen LogP contribution in [-0.2, 0) is 0 Å². The molecule has 2 heterocycles. The van der Waals surface area contributed by atoms with Gasteiger partial charge in [0.05, 0.1) is 0 Å². The average molecular weight is 400 g/mol. The number of hydrogen-bond acceptors (Lipinski definition) is 4. The van der Waals surface area contributed by atoms with Crippen LogP contribution in [0.25, 0.3) is 11.1 Å². The van der Waals surface area contributed by atoms with Gasteiger partial charge in [0, 0.05) is 20.1 Å². The quantitative estimate of drug-likeness (QED) is 0.714. The van der Waals surface area contributed by atoms with Crippen LogP contribution in [0.2, 0.25) is 0 Å². The highest BCUT2D eigenvalue weighted by molar-refractivity contribution is 9.11. The normalized spacial score (nSPS) is 14.7. The topological polar surface area (TPSA) is 36.9 Å². The summed E-state index contributed by atoms with van der Waals surface area (Å²) in [5.41, 5.74) is 2.00. The number of fused-ring (bicyclic) bond motifs is 2. The maximum Gasteiger partial charge on any atom is 0.231 e. The SMILES string of the molecule is Brc1cc2c(cc1-c1cc3c(cc1Br)OCO3)OCO2. The maximum atomic E-state index is 5.43. The van der Waals surface area contributed by atoms with E-state index < -0.39 is 0 Å². The first-order valence-corrected chi connectivity index (χ1v) is 7.49. The molecular formula is C14H8Br2O4. The van der Waals surface area contributed by atoms with E-state index in [0.717, 1.165) is 43.1 Å². The molecule has 2 aliphatic rings. The molecular weight excluding hydrogens is 392 g/mol. The average Bonchev–Trinajstić information content (AvgIpc) is 3.04. The minimum atomic E-state index is 0.257. The largest absolute Gasteiger partial charge is 0.454 e. The summed E-state index contributed by atoms with van der Waals surface area (Å²) in [7, 11) is 0. The maximum absolute atomic E-state index is 5.43. The number of hydrogen-bond donors (Lipinski definition) is 0. The lowest BCUT2D eigenvalue weighted by molar-refractivity contribution is 0.173. The number of ether oxygens (including phenoxy) is 4. The molecule has 0 atom stereocenters. The van der Waals surface area contributed by atoms with E-state index >= 15 is 0 Å². The van der Waals surface area contributed by atoms with Crippen molar-refractivity contribution < 1.29 is 18.9 Å². The zero-order valence-corrected chi connectivity index (χ0v) is 13.3. The summed E-state index contributed by atoms with van der Waals surface area (Å²) >= 11 is 7.15. The molecule has 0 N–H and O–H groups in total. The highest BCUT2D eigenvalue weighted by Gasteiger charge is 2.21. The van der Waals surface area contributed by atoms with Crippen LogP contribution >= 0.6 is 31.9 Å². The van der Waals surface area contributed by atoms with E-state index in [4.69, 9.17) is 18.9 Å². The molecule has 6 heteroatoms. The van der Waals surface area contributed by atoms with Gasteiger partial charge in [0.25, 0.3) is 0 Å². The number of benzene rings is 2. The summed E-state index contributed by atoms with van der Waals surface area (Å²) in [5.74, 6) is 2.98. The Morgan fingerprint density at radius 1 is 0.600 bits per heavy atom. The molecule has 102 valence electrons. The lowest BCUT2D eigenvalue weighted by atomic mass is 10.0. The van der Waals surface area contributed by atoms with Crippen molar-refractivity contribution in [3.05, 3.63) is 33.2 Å². The van der Waals surface area contributed by atoms with E-state index in [9.17, 15) is 0 Å². The molecule has 4 nitrogen and oxygen atoms in total. The predicted octanol–water partition coefficient (Wildman–Crippen LogP) is 4.34. The monoisotopic (exact) mass is 398 g/mol. The van der Waals surface area contributed by atoms with E-state index in [1.165, 1.54) is 0 Å². The summed E-state index contributed by atoms with van der Waals surface area (Å²) in [6.07, 6.45) is 0. The first-order chi connectivity index (χ1) is 9.72. The minimum Gasteiger partial charge on any atom is -0.454 e. The van der Waals surface area contributed by atoms with Crippen molar-refractivity contribution >= 4 is 31.9 Å². The zero-order valence-electron chi connectivity index (χ0n) is 10.1. The van der Waals surface area contributed by atoms with Crippen LogP contribution in [0, 0.1) is 0 Å². The Morgan fingerprint density at radius 3 is 1.35 bits per heavy atom. The molecule has 0 radical (unpaired) electrons. The fraction of sp³-hybridized carbons (Fsp3) is 0.143. The van der Waals surface area contributed by atoms with Crippen molar-refractivity contribution in [1.82, 2.24) is 0 Å². The van der Waals surface area contributed by atoms with Crippen molar-refractivity contribution in [3.63, 3.8) is 0 Å².